The minimum atomic E-state index is -0.766. The predicted octanol–water partition coefficient (Wildman–Crippen LogP) is 1.82. The molecule has 1 aromatic heterocycles. The first-order valence-corrected chi connectivity index (χ1v) is 5.16. The zero-order chi connectivity index (χ0) is 11.3. The second kappa shape index (κ2) is 2.84. The summed E-state index contributed by atoms with van der Waals surface area (Å²) in [6.45, 7) is 6.22. The summed E-state index contributed by atoms with van der Waals surface area (Å²) in [4.78, 5) is 18.4. The summed E-state index contributed by atoms with van der Waals surface area (Å²) in [7, 11) is 0. The first-order valence-electron chi connectivity index (χ1n) is 5.16. The van der Waals surface area contributed by atoms with Gasteiger partial charge in [-0.05, 0) is 12.8 Å². The molecule has 1 aliphatic carbocycles. The van der Waals surface area contributed by atoms with Gasteiger partial charge in [-0.1, -0.05) is 20.8 Å². The van der Waals surface area contributed by atoms with Crippen molar-refractivity contribution < 1.29 is 9.90 Å². The summed E-state index contributed by atoms with van der Waals surface area (Å²) < 4.78 is 0. The van der Waals surface area contributed by atoms with E-state index in [-0.39, 0.29) is 5.41 Å². The third-order valence-corrected chi connectivity index (χ3v) is 3.00. The van der Waals surface area contributed by atoms with Crippen molar-refractivity contribution in [2.45, 2.75) is 44.4 Å². The van der Waals surface area contributed by atoms with Gasteiger partial charge in [0.1, 0.15) is 11.2 Å². The van der Waals surface area contributed by atoms with Crippen LogP contribution in [-0.4, -0.2) is 21.0 Å². The molecular formula is C11H16N2O2. The van der Waals surface area contributed by atoms with Crippen molar-refractivity contribution in [3.63, 3.8) is 0 Å². The summed E-state index contributed by atoms with van der Waals surface area (Å²) in [6.07, 6.45) is 3.14. The fourth-order valence-corrected chi connectivity index (χ4v) is 1.62. The summed E-state index contributed by atoms with van der Waals surface area (Å²) in [5.41, 5.74) is 0.258. The minimum absolute atomic E-state index is 0.0141. The maximum Gasteiger partial charge on any atom is 0.317 e. The van der Waals surface area contributed by atoms with Gasteiger partial charge in [-0.25, -0.2) is 4.98 Å². The maximum atomic E-state index is 11.1. The molecule has 0 aliphatic heterocycles. The molecule has 0 aromatic carbocycles. The average molecular weight is 208 g/mol. The quantitative estimate of drug-likeness (QED) is 0.779. The molecule has 0 spiro atoms. The molecule has 2 rings (SSSR count). The van der Waals surface area contributed by atoms with Crippen molar-refractivity contribution in [3.05, 3.63) is 17.7 Å². The number of aromatic nitrogens is 2. The molecule has 1 aliphatic rings. The number of H-pyrrole nitrogens is 1. The third-order valence-electron chi connectivity index (χ3n) is 3.00. The van der Waals surface area contributed by atoms with Crippen LogP contribution in [0.2, 0.25) is 0 Å². The van der Waals surface area contributed by atoms with Crippen LogP contribution in [0.4, 0.5) is 0 Å². The number of aliphatic carboxylic acids is 1. The van der Waals surface area contributed by atoms with E-state index < -0.39 is 11.4 Å². The molecule has 2 N–H and O–H groups in total. The van der Waals surface area contributed by atoms with Crippen molar-refractivity contribution >= 4 is 5.97 Å². The molecule has 4 heteroatoms. The molecule has 1 saturated carbocycles. The number of hydrogen-bond acceptors (Lipinski definition) is 2. The van der Waals surface area contributed by atoms with Crippen molar-refractivity contribution in [2.24, 2.45) is 0 Å². The molecule has 0 amide bonds. The SMILES string of the molecule is CC(C)(C)c1cnc(C2(C(=O)O)CC2)[nH]1. The van der Waals surface area contributed by atoms with E-state index in [1.165, 1.54) is 0 Å². The molecule has 0 radical (unpaired) electrons. The van der Waals surface area contributed by atoms with E-state index in [0.717, 1.165) is 5.69 Å². The number of hydrogen-bond donors (Lipinski definition) is 2. The van der Waals surface area contributed by atoms with E-state index in [1.54, 1.807) is 6.20 Å². The Morgan fingerprint density at radius 3 is 2.47 bits per heavy atom. The Morgan fingerprint density at radius 1 is 1.53 bits per heavy atom. The normalized spacial score (nSPS) is 18.9. The summed E-state index contributed by atoms with van der Waals surface area (Å²) in [5.74, 6) is -0.155. The topological polar surface area (TPSA) is 66.0 Å². The number of imidazole rings is 1. The molecule has 0 bridgehead atoms. The predicted molar refractivity (Wildman–Crippen MR) is 55.8 cm³/mol. The molecule has 15 heavy (non-hydrogen) atoms. The van der Waals surface area contributed by atoms with E-state index in [2.05, 4.69) is 30.7 Å². The van der Waals surface area contributed by atoms with Gasteiger partial charge in [-0.2, -0.15) is 0 Å². The number of rotatable bonds is 2. The van der Waals surface area contributed by atoms with Crippen LogP contribution in [0.3, 0.4) is 0 Å². The van der Waals surface area contributed by atoms with Crippen LogP contribution in [0.25, 0.3) is 0 Å². The molecule has 4 nitrogen and oxygen atoms in total. The van der Waals surface area contributed by atoms with Gasteiger partial charge < -0.3 is 10.1 Å². The van der Waals surface area contributed by atoms with E-state index in [1.807, 2.05) is 0 Å². The number of carboxylic acids is 1. The number of nitrogens with zero attached hydrogens (tertiary/aromatic N) is 1. The van der Waals surface area contributed by atoms with Crippen LogP contribution in [0, 0.1) is 0 Å². The van der Waals surface area contributed by atoms with Crippen LogP contribution in [-0.2, 0) is 15.6 Å². The average Bonchev–Trinajstić information content (AvgIpc) is 2.75. The largest absolute Gasteiger partial charge is 0.480 e. The Balaban J connectivity index is 2.33. The highest BCUT2D eigenvalue weighted by Gasteiger charge is 2.54. The lowest BCUT2D eigenvalue weighted by molar-refractivity contribution is -0.140. The monoisotopic (exact) mass is 208 g/mol. The zero-order valence-corrected chi connectivity index (χ0v) is 9.29. The highest BCUT2D eigenvalue weighted by molar-refractivity contribution is 5.83. The highest BCUT2D eigenvalue weighted by Crippen LogP contribution is 2.47. The van der Waals surface area contributed by atoms with Crippen molar-refractivity contribution in [1.29, 1.82) is 0 Å². The summed E-state index contributed by atoms with van der Waals surface area (Å²) in [5, 5.41) is 9.11. The highest BCUT2D eigenvalue weighted by atomic mass is 16.4. The number of carbonyl (C=O) groups is 1. The Kier molecular flexibility index (Phi) is 1.93. The summed E-state index contributed by atoms with van der Waals surface area (Å²) in [6, 6.07) is 0. The van der Waals surface area contributed by atoms with Gasteiger partial charge >= 0.3 is 5.97 Å². The molecule has 1 fully saturated rings. The number of nitrogens with one attached hydrogen (secondary N) is 1. The van der Waals surface area contributed by atoms with Crippen molar-refractivity contribution in [3.8, 4) is 0 Å². The molecule has 0 saturated heterocycles. The van der Waals surface area contributed by atoms with Crippen molar-refractivity contribution in [1.82, 2.24) is 9.97 Å². The van der Waals surface area contributed by atoms with Gasteiger partial charge in [0.05, 0.1) is 0 Å². The smallest absolute Gasteiger partial charge is 0.317 e. The molecule has 1 heterocycles. The summed E-state index contributed by atoms with van der Waals surface area (Å²) >= 11 is 0. The van der Waals surface area contributed by atoms with Gasteiger partial charge in [-0.15, -0.1) is 0 Å². The van der Waals surface area contributed by atoms with Gasteiger partial charge in [0.25, 0.3) is 0 Å². The third kappa shape index (κ3) is 1.54. The second-order valence-corrected chi connectivity index (χ2v) is 5.28. The fourth-order valence-electron chi connectivity index (χ4n) is 1.62. The van der Waals surface area contributed by atoms with Crippen LogP contribution >= 0.6 is 0 Å². The lowest BCUT2D eigenvalue weighted by atomic mass is 9.93. The molecule has 1 aromatic rings. The van der Waals surface area contributed by atoms with E-state index in [4.69, 9.17) is 5.11 Å². The van der Waals surface area contributed by atoms with E-state index in [9.17, 15) is 4.79 Å². The lowest BCUT2D eigenvalue weighted by Crippen LogP contribution is -2.21. The minimum Gasteiger partial charge on any atom is -0.480 e. The second-order valence-electron chi connectivity index (χ2n) is 5.28. The standard InChI is InChI=1S/C11H16N2O2/c1-10(2,3)7-6-12-8(13-7)11(4-5-11)9(14)15/h6H,4-5H2,1-3H3,(H,12,13)(H,14,15). The van der Waals surface area contributed by atoms with Gasteiger partial charge in [0.2, 0.25) is 0 Å². The maximum absolute atomic E-state index is 11.1. The van der Waals surface area contributed by atoms with Crippen LogP contribution < -0.4 is 0 Å². The molecular weight excluding hydrogens is 192 g/mol. The van der Waals surface area contributed by atoms with Gasteiger partial charge in [0, 0.05) is 17.3 Å². The Hall–Kier alpha value is -1.32. The van der Waals surface area contributed by atoms with E-state index in [0.29, 0.717) is 18.7 Å². The van der Waals surface area contributed by atoms with Crippen molar-refractivity contribution in [2.75, 3.05) is 0 Å². The first kappa shape index (κ1) is 10.2. The van der Waals surface area contributed by atoms with Crippen LogP contribution in [0.1, 0.15) is 45.1 Å². The van der Waals surface area contributed by atoms with Crippen LogP contribution in [0.5, 0.6) is 0 Å². The van der Waals surface area contributed by atoms with Crippen LogP contribution in [0.15, 0.2) is 6.20 Å². The van der Waals surface area contributed by atoms with Gasteiger partial charge in [0.15, 0.2) is 0 Å². The lowest BCUT2D eigenvalue weighted by Gasteiger charge is -2.15. The zero-order valence-electron chi connectivity index (χ0n) is 9.29. The van der Waals surface area contributed by atoms with Gasteiger partial charge in [-0.3, -0.25) is 4.79 Å². The molecule has 0 unspecified atom stereocenters. The molecule has 0 atom stereocenters. The molecule has 82 valence electrons. The first-order chi connectivity index (χ1) is 6.86. The Morgan fingerprint density at radius 2 is 2.13 bits per heavy atom. The fraction of sp³-hybridized carbons (Fsp3) is 0.636. The number of aromatic amines is 1. The Labute approximate surface area is 88.7 Å². The Bertz CT molecular complexity index is 397. The number of carboxylic acid groups (broad SMARTS) is 1. The van der Waals surface area contributed by atoms with E-state index >= 15 is 0 Å².